The van der Waals surface area contributed by atoms with E-state index in [4.69, 9.17) is 5.73 Å². The zero-order valence-corrected chi connectivity index (χ0v) is 14.3. The van der Waals surface area contributed by atoms with E-state index in [9.17, 15) is 9.18 Å². The lowest BCUT2D eigenvalue weighted by Gasteiger charge is -2.18. The number of anilines is 1. The van der Waals surface area contributed by atoms with Crippen molar-refractivity contribution >= 4 is 11.7 Å². The maximum atomic E-state index is 14.5. The number of nitrogens with one attached hydrogen (secondary N) is 1. The van der Waals surface area contributed by atoms with Crippen molar-refractivity contribution in [1.29, 1.82) is 0 Å². The molecule has 5 heteroatoms. The first-order valence-corrected chi connectivity index (χ1v) is 8.47. The predicted octanol–water partition coefficient (Wildman–Crippen LogP) is 3.73. The van der Waals surface area contributed by atoms with Crippen LogP contribution in [0.4, 0.5) is 10.2 Å². The molecule has 0 spiro atoms. The van der Waals surface area contributed by atoms with Crippen molar-refractivity contribution in [3.05, 3.63) is 71.2 Å². The number of nitrogens with zero attached hydrogens (tertiary/aromatic N) is 1. The number of pyridine rings is 1. The van der Waals surface area contributed by atoms with Crippen LogP contribution in [0.15, 0.2) is 48.7 Å². The molecule has 4 nitrogen and oxygen atoms in total. The number of nitrogen functional groups attached to an aromatic ring is 1. The largest absolute Gasteiger partial charge is 0.383 e. The molecule has 1 aliphatic rings. The van der Waals surface area contributed by atoms with E-state index in [1.807, 2.05) is 24.3 Å². The van der Waals surface area contributed by atoms with Crippen LogP contribution in [0.5, 0.6) is 0 Å². The number of halogens is 1. The van der Waals surface area contributed by atoms with Crippen LogP contribution in [0.1, 0.15) is 21.5 Å². The summed E-state index contributed by atoms with van der Waals surface area (Å²) < 4.78 is 14.5. The summed E-state index contributed by atoms with van der Waals surface area (Å²) in [6.45, 7) is 2.36. The summed E-state index contributed by atoms with van der Waals surface area (Å²) in [4.78, 5) is 16.2. The Bertz CT molecular complexity index is 1030. The number of carbonyl (C=O) groups excluding carboxylic acids is 1. The van der Waals surface area contributed by atoms with Gasteiger partial charge in [-0.2, -0.15) is 0 Å². The minimum absolute atomic E-state index is 0.0560. The summed E-state index contributed by atoms with van der Waals surface area (Å²) >= 11 is 0. The molecule has 1 aliphatic heterocycles. The van der Waals surface area contributed by atoms with E-state index < -0.39 is 0 Å². The summed E-state index contributed by atoms with van der Waals surface area (Å²) in [5, 5.41) is 2.83. The van der Waals surface area contributed by atoms with Crippen LogP contribution in [-0.2, 0) is 6.42 Å². The number of hydrogen-bond acceptors (Lipinski definition) is 3. The first kappa shape index (κ1) is 16.3. The zero-order chi connectivity index (χ0) is 18.3. The van der Waals surface area contributed by atoms with Crippen LogP contribution in [0.3, 0.4) is 0 Å². The van der Waals surface area contributed by atoms with Gasteiger partial charge in [-0.3, -0.25) is 4.79 Å². The molecule has 0 bridgehead atoms. The number of aromatic nitrogens is 1. The maximum Gasteiger partial charge on any atom is 0.251 e. The van der Waals surface area contributed by atoms with E-state index >= 15 is 0 Å². The predicted molar refractivity (Wildman–Crippen MR) is 100 cm³/mol. The molecule has 0 saturated heterocycles. The molecule has 4 rings (SSSR count). The fraction of sp³-hybridized carbons (Fsp3) is 0.143. The molecule has 0 radical (unpaired) electrons. The Hall–Kier alpha value is -3.21. The number of rotatable bonds is 2. The Balaban J connectivity index is 1.83. The van der Waals surface area contributed by atoms with Crippen LogP contribution >= 0.6 is 0 Å². The average Bonchev–Trinajstić information content (AvgIpc) is 2.64. The Morgan fingerprint density at radius 3 is 2.77 bits per heavy atom. The molecule has 1 amide bonds. The highest BCUT2D eigenvalue weighted by Crippen LogP contribution is 2.32. The number of carbonyl (C=O) groups is 1. The third-order valence-corrected chi connectivity index (χ3v) is 4.76. The summed E-state index contributed by atoms with van der Waals surface area (Å²) in [5.74, 6) is 0.0636. The van der Waals surface area contributed by atoms with Crippen molar-refractivity contribution in [2.24, 2.45) is 0 Å². The van der Waals surface area contributed by atoms with Gasteiger partial charge >= 0.3 is 0 Å². The topological polar surface area (TPSA) is 68.0 Å². The molecule has 0 aliphatic carbocycles. The third-order valence-electron chi connectivity index (χ3n) is 4.76. The monoisotopic (exact) mass is 347 g/mol. The molecule has 3 aromatic rings. The first-order chi connectivity index (χ1) is 12.5. The van der Waals surface area contributed by atoms with Crippen molar-refractivity contribution in [2.75, 3.05) is 12.3 Å². The van der Waals surface area contributed by atoms with Crippen LogP contribution in [0, 0.1) is 12.7 Å². The second kappa shape index (κ2) is 6.26. The molecule has 2 aromatic carbocycles. The van der Waals surface area contributed by atoms with Gasteiger partial charge in [-0.05, 0) is 42.2 Å². The van der Waals surface area contributed by atoms with Gasteiger partial charge in [0.15, 0.2) is 0 Å². The summed E-state index contributed by atoms with van der Waals surface area (Å²) in [7, 11) is 0. The van der Waals surface area contributed by atoms with E-state index in [1.54, 1.807) is 31.3 Å². The Labute approximate surface area is 150 Å². The molecule has 0 atom stereocenters. The van der Waals surface area contributed by atoms with E-state index in [2.05, 4.69) is 10.3 Å². The first-order valence-electron chi connectivity index (χ1n) is 8.47. The van der Waals surface area contributed by atoms with E-state index in [1.165, 1.54) is 0 Å². The normalized spacial score (nSPS) is 13.2. The fourth-order valence-corrected chi connectivity index (χ4v) is 3.32. The van der Waals surface area contributed by atoms with E-state index in [-0.39, 0.29) is 11.7 Å². The number of amides is 1. The number of benzene rings is 2. The van der Waals surface area contributed by atoms with Gasteiger partial charge in [0.2, 0.25) is 0 Å². The highest BCUT2D eigenvalue weighted by Gasteiger charge is 2.18. The van der Waals surface area contributed by atoms with Gasteiger partial charge in [0.1, 0.15) is 11.6 Å². The van der Waals surface area contributed by atoms with Gasteiger partial charge in [0.05, 0.1) is 0 Å². The molecular formula is C21H18FN3O. The lowest BCUT2D eigenvalue weighted by atomic mass is 9.94. The number of hydrogen-bond donors (Lipinski definition) is 2. The lowest BCUT2D eigenvalue weighted by Crippen LogP contribution is -2.31. The minimum Gasteiger partial charge on any atom is -0.383 e. The van der Waals surface area contributed by atoms with E-state index in [0.717, 1.165) is 23.1 Å². The molecule has 1 aromatic heterocycles. The Kier molecular flexibility index (Phi) is 3.92. The maximum absolute atomic E-state index is 14.5. The lowest BCUT2D eigenvalue weighted by molar-refractivity contribution is 0.0946. The van der Waals surface area contributed by atoms with Gasteiger partial charge in [0.25, 0.3) is 5.91 Å². The molecule has 130 valence electrons. The van der Waals surface area contributed by atoms with Crippen LogP contribution in [-0.4, -0.2) is 17.4 Å². The minimum atomic E-state index is -0.257. The second-order valence-corrected chi connectivity index (χ2v) is 6.47. The van der Waals surface area contributed by atoms with Gasteiger partial charge in [-0.15, -0.1) is 0 Å². The van der Waals surface area contributed by atoms with Gasteiger partial charge < -0.3 is 11.1 Å². The van der Waals surface area contributed by atoms with Gasteiger partial charge in [-0.1, -0.05) is 30.3 Å². The molecule has 26 heavy (non-hydrogen) atoms. The van der Waals surface area contributed by atoms with Crippen molar-refractivity contribution in [3.63, 3.8) is 0 Å². The fourth-order valence-electron chi connectivity index (χ4n) is 3.32. The van der Waals surface area contributed by atoms with Crippen molar-refractivity contribution in [3.8, 4) is 22.3 Å². The van der Waals surface area contributed by atoms with Gasteiger partial charge in [0, 0.05) is 35.0 Å². The van der Waals surface area contributed by atoms with Crippen molar-refractivity contribution in [2.45, 2.75) is 13.3 Å². The molecular weight excluding hydrogens is 329 g/mol. The van der Waals surface area contributed by atoms with Crippen LogP contribution in [0.2, 0.25) is 0 Å². The standard InChI is InChI=1S/C21H18FN3O/c1-12-3-2-4-16(19(12)22)15-10-18(20(23)25-11-15)13-5-6-17-14(9-13)7-8-24-21(17)26/h2-6,9-11H,7-8H2,1H3,(H2,23,25)(H,24,26). The molecule has 0 saturated carbocycles. The summed E-state index contributed by atoms with van der Waals surface area (Å²) in [6.07, 6.45) is 2.36. The third kappa shape index (κ3) is 2.71. The van der Waals surface area contributed by atoms with Gasteiger partial charge in [-0.25, -0.2) is 9.37 Å². The second-order valence-electron chi connectivity index (χ2n) is 6.47. The Morgan fingerprint density at radius 1 is 1.08 bits per heavy atom. The number of fused-ring (bicyclic) bond motifs is 1. The molecule has 3 N–H and O–H groups in total. The van der Waals surface area contributed by atoms with Crippen LogP contribution in [0.25, 0.3) is 22.3 Å². The molecule has 0 fully saturated rings. The highest BCUT2D eigenvalue weighted by molar-refractivity contribution is 5.97. The molecule has 0 unspecified atom stereocenters. The van der Waals surface area contributed by atoms with Crippen molar-refractivity contribution < 1.29 is 9.18 Å². The highest BCUT2D eigenvalue weighted by atomic mass is 19.1. The van der Waals surface area contributed by atoms with Crippen molar-refractivity contribution in [1.82, 2.24) is 10.3 Å². The van der Waals surface area contributed by atoms with Crippen LogP contribution < -0.4 is 11.1 Å². The number of aryl methyl sites for hydroxylation is 1. The number of nitrogens with two attached hydrogens (primary N) is 1. The quantitative estimate of drug-likeness (QED) is 0.742. The zero-order valence-electron chi connectivity index (χ0n) is 14.3. The summed E-state index contributed by atoms with van der Waals surface area (Å²) in [5.41, 5.74) is 11.1. The SMILES string of the molecule is Cc1cccc(-c2cnc(N)c(-c3ccc4c(c3)CCNC4=O)c2)c1F. The Morgan fingerprint density at radius 2 is 1.92 bits per heavy atom. The smallest absolute Gasteiger partial charge is 0.251 e. The average molecular weight is 347 g/mol. The summed E-state index contributed by atoms with van der Waals surface area (Å²) in [6, 6.07) is 12.8. The van der Waals surface area contributed by atoms with E-state index in [0.29, 0.717) is 34.6 Å². The molecule has 2 heterocycles.